The van der Waals surface area contributed by atoms with Gasteiger partial charge in [0.2, 0.25) is 0 Å². The van der Waals surface area contributed by atoms with E-state index in [9.17, 15) is 9.59 Å². The normalized spacial score (nSPS) is 13.6. The van der Waals surface area contributed by atoms with Gasteiger partial charge in [-0.15, -0.1) is 9.24 Å². The van der Waals surface area contributed by atoms with E-state index < -0.39 is 0 Å². The number of aryl methyl sites for hydroxylation is 1. The molecule has 0 saturated heterocycles. The topological polar surface area (TPSA) is 71.2 Å². The number of hydrogen-bond acceptors (Lipinski definition) is 3. The van der Waals surface area contributed by atoms with E-state index in [4.69, 9.17) is 4.74 Å². The number of aromatic amines is 1. The molecular weight excluding hydrogens is 311 g/mol. The second-order valence-electron chi connectivity index (χ2n) is 5.47. The van der Waals surface area contributed by atoms with Crippen molar-refractivity contribution in [3.8, 4) is 5.75 Å². The average molecular weight is 330 g/mol. The Kier molecular flexibility index (Phi) is 4.49. The van der Waals surface area contributed by atoms with Gasteiger partial charge in [0.15, 0.2) is 5.78 Å². The first-order valence-corrected chi connectivity index (χ1v) is 8.25. The lowest BCUT2D eigenvalue weighted by Gasteiger charge is -2.13. The third-order valence-corrected chi connectivity index (χ3v) is 4.38. The molecule has 1 aromatic heterocycles. The van der Waals surface area contributed by atoms with Crippen LogP contribution in [0.25, 0.3) is 0 Å². The minimum Gasteiger partial charge on any atom is -0.494 e. The quantitative estimate of drug-likeness (QED) is 0.847. The molecule has 1 atom stereocenters. The highest BCUT2D eigenvalue weighted by molar-refractivity contribution is 7.28. The summed E-state index contributed by atoms with van der Waals surface area (Å²) in [5, 5.41) is 3.70. The van der Waals surface area contributed by atoms with Crippen molar-refractivity contribution >= 4 is 31.9 Å². The fraction of sp³-hybridized carbons (Fsp3) is 0.294. The summed E-state index contributed by atoms with van der Waals surface area (Å²) in [7, 11) is 2.59. The molecular formula is C17H19N2O3P. The Morgan fingerprint density at radius 3 is 2.96 bits per heavy atom. The van der Waals surface area contributed by atoms with E-state index in [1.807, 2.05) is 19.1 Å². The highest BCUT2D eigenvalue weighted by atomic mass is 31.0. The highest BCUT2D eigenvalue weighted by Gasteiger charge is 2.26. The van der Waals surface area contributed by atoms with Crippen LogP contribution in [0.2, 0.25) is 0 Å². The average Bonchev–Trinajstić information content (AvgIpc) is 2.96. The van der Waals surface area contributed by atoms with Gasteiger partial charge in [0.05, 0.1) is 17.7 Å². The van der Waals surface area contributed by atoms with Crippen molar-refractivity contribution in [3.05, 3.63) is 41.2 Å². The number of Topliss-reactive ketones (excluding diaryl/α,β-unsaturated/α-hetero) is 1. The molecule has 1 heterocycles. The molecule has 1 unspecified atom stereocenters. The van der Waals surface area contributed by atoms with Crippen LogP contribution in [0.3, 0.4) is 0 Å². The number of carbonyl (C=O) groups excluding carboxylic acids is 2. The van der Waals surface area contributed by atoms with E-state index in [0.29, 0.717) is 29.8 Å². The summed E-state index contributed by atoms with van der Waals surface area (Å²) in [5.74, 6) is 0.519. The van der Waals surface area contributed by atoms with E-state index in [1.54, 1.807) is 12.3 Å². The van der Waals surface area contributed by atoms with E-state index >= 15 is 0 Å². The smallest absolute Gasteiger partial charge is 0.257 e. The van der Waals surface area contributed by atoms with Crippen molar-refractivity contribution in [3.63, 3.8) is 0 Å². The molecule has 0 radical (unpaired) electrons. The van der Waals surface area contributed by atoms with Crippen LogP contribution in [0.1, 0.15) is 46.2 Å². The van der Waals surface area contributed by atoms with Gasteiger partial charge in [0.1, 0.15) is 5.75 Å². The van der Waals surface area contributed by atoms with Crippen LogP contribution in [0.4, 0.5) is 5.69 Å². The molecule has 1 aromatic carbocycles. The molecule has 1 amide bonds. The Labute approximate surface area is 137 Å². The number of rotatable bonds is 4. The monoisotopic (exact) mass is 330 g/mol. The Bertz CT molecular complexity index is 767. The summed E-state index contributed by atoms with van der Waals surface area (Å²) in [6, 6.07) is 5.46. The maximum absolute atomic E-state index is 12.5. The van der Waals surface area contributed by atoms with E-state index in [1.165, 1.54) is 0 Å². The molecule has 2 aromatic rings. The third kappa shape index (κ3) is 3.15. The number of hydrogen-bond donors (Lipinski definition) is 2. The first kappa shape index (κ1) is 15.8. The lowest BCUT2D eigenvalue weighted by Crippen LogP contribution is -2.19. The number of benzene rings is 1. The van der Waals surface area contributed by atoms with Crippen molar-refractivity contribution in [2.45, 2.75) is 26.2 Å². The summed E-state index contributed by atoms with van der Waals surface area (Å²) in [6.07, 6.45) is 3.78. The predicted molar refractivity (Wildman–Crippen MR) is 93.0 cm³/mol. The van der Waals surface area contributed by atoms with Crippen molar-refractivity contribution in [2.24, 2.45) is 0 Å². The first-order valence-electron chi connectivity index (χ1n) is 7.67. The van der Waals surface area contributed by atoms with Crippen LogP contribution in [-0.4, -0.2) is 23.3 Å². The van der Waals surface area contributed by atoms with Gasteiger partial charge in [0.25, 0.3) is 5.91 Å². The van der Waals surface area contributed by atoms with Gasteiger partial charge >= 0.3 is 0 Å². The second-order valence-corrected chi connectivity index (χ2v) is 6.09. The van der Waals surface area contributed by atoms with Crippen molar-refractivity contribution in [1.82, 2.24) is 4.98 Å². The lowest BCUT2D eigenvalue weighted by molar-refractivity contribution is 0.0956. The van der Waals surface area contributed by atoms with Crippen LogP contribution < -0.4 is 15.4 Å². The zero-order valence-corrected chi connectivity index (χ0v) is 14.1. The lowest BCUT2D eigenvalue weighted by atomic mass is 9.93. The number of ketones is 1. The molecule has 6 heteroatoms. The molecule has 5 nitrogen and oxygen atoms in total. The molecule has 2 N–H and O–H groups in total. The van der Waals surface area contributed by atoms with Crippen LogP contribution in [0, 0.1) is 0 Å². The number of ether oxygens (including phenoxy) is 1. The second kappa shape index (κ2) is 6.55. The van der Waals surface area contributed by atoms with Gasteiger partial charge in [-0.3, -0.25) is 9.59 Å². The predicted octanol–water partition coefficient (Wildman–Crippen LogP) is 2.69. The number of H-pyrrole nitrogens is 1. The standard InChI is InChI=1S/C17H19N2O3P/c1-2-22-10-6-7-12(15(23)8-10)19-17(21)11-9-18-13-4-3-5-14(20)16(11)13/h6-9,18H,2-5,23H2,1H3,(H,19,21). The van der Waals surface area contributed by atoms with Gasteiger partial charge in [-0.05, 0) is 43.3 Å². The maximum atomic E-state index is 12.5. The SMILES string of the molecule is CCOc1ccc(NC(=O)c2c[nH]c3c2C(=O)CCC3)c(P)c1. The van der Waals surface area contributed by atoms with Crippen molar-refractivity contribution in [1.29, 1.82) is 0 Å². The minimum atomic E-state index is -0.273. The molecule has 0 bridgehead atoms. The van der Waals surface area contributed by atoms with Crippen molar-refractivity contribution < 1.29 is 14.3 Å². The molecule has 23 heavy (non-hydrogen) atoms. The number of nitrogens with one attached hydrogen (secondary N) is 2. The van der Waals surface area contributed by atoms with Crippen LogP contribution in [-0.2, 0) is 6.42 Å². The summed E-state index contributed by atoms with van der Waals surface area (Å²) < 4.78 is 5.43. The summed E-state index contributed by atoms with van der Waals surface area (Å²) in [5.41, 5.74) is 2.51. The Balaban J connectivity index is 1.83. The van der Waals surface area contributed by atoms with Crippen LogP contribution in [0.15, 0.2) is 24.4 Å². The van der Waals surface area contributed by atoms with Crippen LogP contribution in [0.5, 0.6) is 5.75 Å². The number of aromatic nitrogens is 1. The molecule has 0 fully saturated rings. The Hall–Kier alpha value is -2.13. The number of anilines is 1. The van der Waals surface area contributed by atoms with Gasteiger partial charge in [-0.2, -0.15) is 0 Å². The number of carbonyl (C=O) groups is 2. The zero-order valence-electron chi connectivity index (χ0n) is 12.9. The summed E-state index contributed by atoms with van der Waals surface area (Å²) in [6.45, 7) is 2.51. The van der Waals surface area contributed by atoms with Gasteiger partial charge in [-0.25, -0.2) is 0 Å². The third-order valence-electron chi connectivity index (χ3n) is 3.90. The summed E-state index contributed by atoms with van der Waals surface area (Å²) >= 11 is 0. The minimum absolute atomic E-state index is 0.0374. The molecule has 3 rings (SSSR count). The molecule has 0 saturated carbocycles. The maximum Gasteiger partial charge on any atom is 0.257 e. The van der Waals surface area contributed by atoms with E-state index in [-0.39, 0.29) is 11.7 Å². The molecule has 1 aliphatic rings. The van der Waals surface area contributed by atoms with Gasteiger partial charge in [-0.1, -0.05) is 0 Å². The fourth-order valence-corrected chi connectivity index (χ4v) is 3.15. The zero-order chi connectivity index (χ0) is 16.4. The van der Waals surface area contributed by atoms with Gasteiger partial charge in [0, 0.05) is 24.0 Å². The van der Waals surface area contributed by atoms with E-state index in [0.717, 1.165) is 29.6 Å². The molecule has 0 spiro atoms. The molecule has 120 valence electrons. The molecule has 1 aliphatic carbocycles. The largest absolute Gasteiger partial charge is 0.494 e. The number of fused-ring (bicyclic) bond motifs is 1. The molecule has 0 aliphatic heterocycles. The highest BCUT2D eigenvalue weighted by Crippen LogP contribution is 2.25. The fourth-order valence-electron chi connectivity index (χ4n) is 2.81. The van der Waals surface area contributed by atoms with Gasteiger partial charge < -0.3 is 15.0 Å². The first-order chi connectivity index (χ1) is 11.1. The van der Waals surface area contributed by atoms with Crippen molar-refractivity contribution in [2.75, 3.05) is 11.9 Å². The Morgan fingerprint density at radius 2 is 2.22 bits per heavy atom. The Morgan fingerprint density at radius 1 is 1.39 bits per heavy atom. The number of amides is 1. The van der Waals surface area contributed by atoms with E-state index in [2.05, 4.69) is 19.5 Å². The summed E-state index contributed by atoms with van der Waals surface area (Å²) in [4.78, 5) is 27.7. The van der Waals surface area contributed by atoms with Crippen LogP contribution >= 0.6 is 9.24 Å².